The molecule has 0 saturated heterocycles. The SMILES string of the molecule is CN(C)CCC(CSc1ccccc1)NNS(=O)(=O)c1ccccc1. The van der Waals surface area contributed by atoms with Gasteiger partial charge in [-0.25, -0.2) is 13.8 Å². The topological polar surface area (TPSA) is 61.4 Å². The van der Waals surface area contributed by atoms with Crippen LogP contribution in [0.1, 0.15) is 6.42 Å². The predicted octanol–water partition coefficient (Wildman–Crippen LogP) is 2.58. The van der Waals surface area contributed by atoms with E-state index in [1.54, 1.807) is 42.1 Å². The van der Waals surface area contributed by atoms with Crippen molar-refractivity contribution < 1.29 is 8.42 Å². The van der Waals surface area contributed by atoms with Crippen molar-refractivity contribution >= 4 is 21.8 Å². The van der Waals surface area contributed by atoms with E-state index in [0.29, 0.717) is 0 Å². The zero-order valence-electron chi connectivity index (χ0n) is 14.6. The van der Waals surface area contributed by atoms with Gasteiger partial charge in [-0.15, -0.1) is 16.6 Å². The van der Waals surface area contributed by atoms with Gasteiger partial charge in [-0.1, -0.05) is 36.4 Å². The van der Waals surface area contributed by atoms with Crippen molar-refractivity contribution in [1.29, 1.82) is 0 Å². The molecule has 1 unspecified atom stereocenters. The number of sulfonamides is 1. The van der Waals surface area contributed by atoms with E-state index in [-0.39, 0.29) is 10.9 Å². The zero-order valence-corrected chi connectivity index (χ0v) is 16.2. The number of benzene rings is 2. The van der Waals surface area contributed by atoms with Gasteiger partial charge >= 0.3 is 0 Å². The molecule has 0 fully saturated rings. The van der Waals surface area contributed by atoms with Gasteiger partial charge in [0.1, 0.15) is 0 Å². The summed E-state index contributed by atoms with van der Waals surface area (Å²) in [6.07, 6.45) is 0.837. The van der Waals surface area contributed by atoms with Crippen LogP contribution in [0.15, 0.2) is 70.5 Å². The Labute approximate surface area is 154 Å². The molecule has 2 aromatic rings. The molecule has 0 aliphatic carbocycles. The normalized spacial score (nSPS) is 13.1. The second-order valence-electron chi connectivity index (χ2n) is 5.98. The minimum Gasteiger partial charge on any atom is -0.309 e. The molecule has 0 spiro atoms. The van der Waals surface area contributed by atoms with E-state index < -0.39 is 10.0 Å². The molecule has 0 amide bonds. The summed E-state index contributed by atoms with van der Waals surface area (Å²) >= 11 is 1.71. The van der Waals surface area contributed by atoms with Crippen LogP contribution in [0.4, 0.5) is 0 Å². The number of nitrogens with one attached hydrogen (secondary N) is 2. The summed E-state index contributed by atoms with van der Waals surface area (Å²) in [6, 6.07) is 18.5. The fourth-order valence-corrected chi connectivity index (χ4v) is 4.09. The number of nitrogens with zero attached hydrogens (tertiary/aromatic N) is 1. The van der Waals surface area contributed by atoms with E-state index in [2.05, 4.69) is 27.3 Å². The van der Waals surface area contributed by atoms with E-state index in [1.807, 2.05) is 32.3 Å². The van der Waals surface area contributed by atoms with Gasteiger partial charge in [0, 0.05) is 16.7 Å². The molecule has 5 nitrogen and oxygen atoms in total. The minimum absolute atomic E-state index is 0.0195. The van der Waals surface area contributed by atoms with Crippen LogP contribution < -0.4 is 10.3 Å². The highest BCUT2D eigenvalue weighted by atomic mass is 32.2. The van der Waals surface area contributed by atoms with Crippen molar-refractivity contribution in [3.05, 3.63) is 60.7 Å². The molecular weight excluding hydrogens is 354 g/mol. The van der Waals surface area contributed by atoms with Crippen LogP contribution >= 0.6 is 11.8 Å². The molecule has 2 aromatic carbocycles. The number of hydrogen-bond acceptors (Lipinski definition) is 5. The fraction of sp³-hybridized carbons (Fsp3) is 0.333. The van der Waals surface area contributed by atoms with E-state index in [9.17, 15) is 8.42 Å². The molecule has 25 heavy (non-hydrogen) atoms. The van der Waals surface area contributed by atoms with Gasteiger partial charge in [0.15, 0.2) is 0 Å². The molecule has 0 radical (unpaired) electrons. The first-order valence-electron chi connectivity index (χ1n) is 8.12. The molecule has 7 heteroatoms. The van der Waals surface area contributed by atoms with Crippen molar-refractivity contribution in [2.45, 2.75) is 22.3 Å². The van der Waals surface area contributed by atoms with Crippen LogP contribution in [-0.2, 0) is 10.0 Å². The summed E-state index contributed by atoms with van der Waals surface area (Å²) in [6.45, 7) is 0.875. The number of thioether (sulfide) groups is 1. The first-order valence-corrected chi connectivity index (χ1v) is 10.6. The van der Waals surface area contributed by atoms with Gasteiger partial charge in [0.05, 0.1) is 4.90 Å². The third-order valence-corrected chi connectivity index (χ3v) is 6.02. The van der Waals surface area contributed by atoms with Crippen molar-refractivity contribution in [3.63, 3.8) is 0 Å². The van der Waals surface area contributed by atoms with Crippen LogP contribution in [-0.4, -0.2) is 45.8 Å². The summed E-state index contributed by atoms with van der Waals surface area (Å²) in [5.74, 6) is 0.773. The molecule has 0 aromatic heterocycles. The standard InChI is InChI=1S/C18H25N3O2S2/c1-21(2)14-13-16(15-24-17-9-5-3-6-10-17)19-20-25(22,23)18-11-7-4-8-12-18/h3-12,16,19-20H,13-15H2,1-2H3. The lowest BCUT2D eigenvalue weighted by molar-refractivity contribution is 0.363. The van der Waals surface area contributed by atoms with Gasteiger partial charge in [0.25, 0.3) is 10.0 Å². The largest absolute Gasteiger partial charge is 0.309 e. The Morgan fingerprint density at radius 1 is 1.00 bits per heavy atom. The highest BCUT2D eigenvalue weighted by Gasteiger charge is 2.16. The second-order valence-corrected chi connectivity index (χ2v) is 8.75. The van der Waals surface area contributed by atoms with Crippen LogP contribution in [0.2, 0.25) is 0 Å². The Kier molecular flexibility index (Phi) is 7.92. The Morgan fingerprint density at radius 2 is 1.60 bits per heavy atom. The van der Waals surface area contributed by atoms with Crippen LogP contribution in [0.25, 0.3) is 0 Å². The van der Waals surface area contributed by atoms with Gasteiger partial charge in [0.2, 0.25) is 0 Å². The van der Waals surface area contributed by atoms with Gasteiger partial charge < -0.3 is 4.90 Å². The quantitative estimate of drug-likeness (QED) is 0.491. The molecule has 0 aliphatic heterocycles. The molecule has 0 bridgehead atoms. The predicted molar refractivity (Wildman–Crippen MR) is 104 cm³/mol. The molecule has 0 aliphatic rings. The summed E-state index contributed by atoms with van der Waals surface area (Å²) < 4.78 is 24.7. The van der Waals surface area contributed by atoms with E-state index >= 15 is 0 Å². The molecule has 0 saturated carbocycles. The Hall–Kier alpha value is -1.38. The maximum atomic E-state index is 12.4. The Balaban J connectivity index is 1.95. The third kappa shape index (κ3) is 7.17. The van der Waals surface area contributed by atoms with Crippen LogP contribution in [0.5, 0.6) is 0 Å². The summed E-state index contributed by atoms with van der Waals surface area (Å²) in [4.78, 5) is 6.04. The lowest BCUT2D eigenvalue weighted by Crippen LogP contribution is -2.46. The van der Waals surface area contributed by atoms with Crippen LogP contribution in [0.3, 0.4) is 0 Å². The number of rotatable bonds is 10. The van der Waals surface area contributed by atoms with E-state index in [4.69, 9.17) is 0 Å². The maximum absolute atomic E-state index is 12.4. The lowest BCUT2D eigenvalue weighted by atomic mass is 10.2. The Morgan fingerprint density at radius 3 is 2.20 bits per heavy atom. The zero-order chi connectivity index (χ0) is 18.1. The average molecular weight is 380 g/mol. The molecule has 0 heterocycles. The highest BCUT2D eigenvalue weighted by molar-refractivity contribution is 7.99. The monoisotopic (exact) mass is 379 g/mol. The Bertz CT molecular complexity index is 723. The average Bonchev–Trinajstić information content (AvgIpc) is 2.62. The molecule has 2 N–H and O–H groups in total. The first kappa shape index (κ1) is 19.9. The van der Waals surface area contributed by atoms with Gasteiger partial charge in [-0.2, -0.15) is 0 Å². The highest BCUT2D eigenvalue weighted by Crippen LogP contribution is 2.19. The molecule has 136 valence electrons. The third-order valence-electron chi connectivity index (χ3n) is 3.57. The van der Waals surface area contributed by atoms with E-state index in [1.165, 1.54) is 4.90 Å². The number of hydrazine groups is 1. The van der Waals surface area contributed by atoms with E-state index in [0.717, 1.165) is 18.7 Å². The fourth-order valence-electron chi connectivity index (χ4n) is 2.14. The second kappa shape index (κ2) is 9.94. The maximum Gasteiger partial charge on any atom is 0.253 e. The van der Waals surface area contributed by atoms with Gasteiger partial charge in [-0.05, 0) is 51.3 Å². The lowest BCUT2D eigenvalue weighted by Gasteiger charge is -2.21. The van der Waals surface area contributed by atoms with Crippen molar-refractivity contribution in [2.24, 2.45) is 0 Å². The molecular formula is C18H25N3O2S2. The molecule has 2 rings (SSSR count). The van der Waals surface area contributed by atoms with Crippen LogP contribution in [0, 0.1) is 0 Å². The summed E-state index contributed by atoms with van der Waals surface area (Å²) in [7, 11) is 0.458. The number of hydrogen-bond donors (Lipinski definition) is 2. The molecule has 1 atom stereocenters. The summed E-state index contributed by atoms with van der Waals surface area (Å²) in [5, 5.41) is 0. The van der Waals surface area contributed by atoms with Gasteiger partial charge in [-0.3, -0.25) is 0 Å². The minimum atomic E-state index is -3.56. The smallest absolute Gasteiger partial charge is 0.253 e. The van der Waals surface area contributed by atoms with Crippen molar-refractivity contribution in [3.8, 4) is 0 Å². The van der Waals surface area contributed by atoms with Crippen molar-refractivity contribution in [2.75, 3.05) is 26.4 Å². The summed E-state index contributed by atoms with van der Waals surface area (Å²) in [5.41, 5.74) is 3.00. The first-order chi connectivity index (χ1) is 12.0. The van der Waals surface area contributed by atoms with Crippen molar-refractivity contribution in [1.82, 2.24) is 15.2 Å².